The van der Waals surface area contributed by atoms with Crippen LogP contribution in [0.4, 0.5) is 0 Å². The summed E-state index contributed by atoms with van der Waals surface area (Å²) in [6.45, 7) is 10.1. The first-order valence-electron chi connectivity index (χ1n) is 9.21. The first kappa shape index (κ1) is 16.5. The molecule has 0 aromatic heterocycles. The van der Waals surface area contributed by atoms with E-state index >= 15 is 0 Å². The molecular weight excluding hydrogens is 304 g/mol. The molecule has 1 saturated carbocycles. The molecule has 0 radical (unpaired) electrons. The number of hydrogen-bond donors (Lipinski definition) is 1. The largest absolute Gasteiger partial charge is 0.382 e. The highest BCUT2D eigenvalue weighted by molar-refractivity contribution is 6.15. The Balaban J connectivity index is 1.73. The molecule has 3 aliphatic carbocycles. The van der Waals surface area contributed by atoms with Gasteiger partial charge in [-0.2, -0.15) is 0 Å². The molecule has 0 spiro atoms. The van der Waals surface area contributed by atoms with Gasteiger partial charge in [0, 0.05) is 23.5 Å². The molecule has 0 unspecified atom stereocenters. The average molecular weight is 332 g/mol. The molecule has 0 bridgehead atoms. The highest BCUT2D eigenvalue weighted by Gasteiger charge is 2.64. The average Bonchev–Trinajstić information content (AvgIpc) is 3.25. The summed E-state index contributed by atoms with van der Waals surface area (Å²) in [5.41, 5.74) is -0.521. The number of ether oxygens (including phenoxy) is 1. The molecule has 0 amide bonds. The fourth-order valence-electron chi connectivity index (χ4n) is 5.36. The standard InChI is InChI=1S/C20H28O4/c1-10-8-13-12(18(13,2)3)6-7-20(5)17(24-20)14-11(15(10)21)9-19(4,23)16(14)22/h10,12-13,17,23H,6-9H2,1-5H3/t10-,12+,13-,17+,19-,20+/m1/s1. The van der Waals surface area contributed by atoms with Crippen LogP contribution in [0.3, 0.4) is 0 Å². The molecule has 1 aliphatic heterocycles. The van der Waals surface area contributed by atoms with Crippen molar-refractivity contribution in [3.8, 4) is 0 Å². The molecule has 1 heterocycles. The summed E-state index contributed by atoms with van der Waals surface area (Å²) in [6, 6.07) is 0. The quantitative estimate of drug-likeness (QED) is 0.693. The summed E-state index contributed by atoms with van der Waals surface area (Å²) in [7, 11) is 0. The molecule has 4 nitrogen and oxygen atoms in total. The molecular formula is C20H28O4. The van der Waals surface area contributed by atoms with Gasteiger partial charge in [-0.25, -0.2) is 0 Å². The Hall–Kier alpha value is -1.00. The van der Waals surface area contributed by atoms with Gasteiger partial charge in [0.25, 0.3) is 0 Å². The predicted octanol–water partition coefficient (Wildman–Crippen LogP) is 2.83. The van der Waals surface area contributed by atoms with Crippen molar-refractivity contribution in [3.05, 3.63) is 11.1 Å². The van der Waals surface area contributed by atoms with Gasteiger partial charge < -0.3 is 9.84 Å². The molecule has 4 aliphatic rings. The van der Waals surface area contributed by atoms with E-state index in [9.17, 15) is 14.7 Å². The van der Waals surface area contributed by atoms with Crippen molar-refractivity contribution in [2.45, 2.75) is 77.6 Å². The zero-order valence-corrected chi connectivity index (χ0v) is 15.3. The predicted molar refractivity (Wildman–Crippen MR) is 89.3 cm³/mol. The summed E-state index contributed by atoms with van der Waals surface area (Å²) in [4.78, 5) is 25.7. The molecule has 132 valence electrons. The van der Waals surface area contributed by atoms with Gasteiger partial charge in [-0.1, -0.05) is 20.8 Å². The van der Waals surface area contributed by atoms with Gasteiger partial charge in [-0.3, -0.25) is 9.59 Å². The van der Waals surface area contributed by atoms with Gasteiger partial charge >= 0.3 is 0 Å². The lowest BCUT2D eigenvalue weighted by molar-refractivity contribution is -0.130. The maximum absolute atomic E-state index is 13.1. The highest BCUT2D eigenvalue weighted by atomic mass is 16.6. The third kappa shape index (κ3) is 2.12. The zero-order chi connectivity index (χ0) is 17.7. The van der Waals surface area contributed by atoms with Gasteiger partial charge in [0.2, 0.25) is 0 Å². The number of carbonyl (C=O) groups is 2. The molecule has 0 aromatic carbocycles. The third-order valence-corrected chi connectivity index (χ3v) is 7.32. The van der Waals surface area contributed by atoms with Crippen LogP contribution in [0, 0.1) is 23.2 Å². The second-order valence-electron chi connectivity index (χ2n) is 9.56. The van der Waals surface area contributed by atoms with Gasteiger partial charge in [0.05, 0.1) is 5.60 Å². The summed E-state index contributed by atoms with van der Waals surface area (Å²) in [6.07, 6.45) is 2.70. The number of aliphatic hydroxyl groups is 1. The Kier molecular flexibility index (Phi) is 3.15. The van der Waals surface area contributed by atoms with Crippen LogP contribution in [-0.2, 0) is 14.3 Å². The van der Waals surface area contributed by atoms with E-state index in [1.54, 1.807) is 0 Å². The van der Waals surface area contributed by atoms with Crippen molar-refractivity contribution in [1.29, 1.82) is 0 Å². The lowest BCUT2D eigenvalue weighted by Gasteiger charge is -2.16. The Morgan fingerprint density at radius 3 is 2.46 bits per heavy atom. The van der Waals surface area contributed by atoms with Gasteiger partial charge in [-0.05, 0) is 50.4 Å². The van der Waals surface area contributed by atoms with E-state index in [4.69, 9.17) is 4.74 Å². The molecule has 4 heteroatoms. The normalized spacial score (nSPS) is 49.9. The van der Waals surface area contributed by atoms with Crippen LogP contribution in [0.2, 0.25) is 0 Å². The maximum Gasteiger partial charge on any atom is 0.193 e. The minimum Gasteiger partial charge on any atom is -0.382 e. The number of Topliss-reactive ketones (excluding diaryl/α,β-unsaturated/α-hetero) is 2. The van der Waals surface area contributed by atoms with Crippen molar-refractivity contribution in [3.63, 3.8) is 0 Å². The van der Waals surface area contributed by atoms with Crippen LogP contribution in [-0.4, -0.2) is 34.0 Å². The van der Waals surface area contributed by atoms with Crippen molar-refractivity contribution >= 4 is 11.6 Å². The third-order valence-electron chi connectivity index (χ3n) is 7.32. The first-order valence-corrected chi connectivity index (χ1v) is 9.21. The monoisotopic (exact) mass is 332 g/mol. The smallest absolute Gasteiger partial charge is 0.193 e. The van der Waals surface area contributed by atoms with E-state index < -0.39 is 5.60 Å². The topological polar surface area (TPSA) is 66.9 Å². The van der Waals surface area contributed by atoms with Gasteiger partial charge in [0.1, 0.15) is 11.7 Å². The van der Waals surface area contributed by atoms with Gasteiger partial charge in [-0.15, -0.1) is 0 Å². The van der Waals surface area contributed by atoms with Crippen LogP contribution in [0.15, 0.2) is 11.1 Å². The van der Waals surface area contributed by atoms with E-state index in [1.165, 1.54) is 6.92 Å². The Morgan fingerprint density at radius 1 is 1.12 bits per heavy atom. The molecule has 1 saturated heterocycles. The summed E-state index contributed by atoms with van der Waals surface area (Å²) >= 11 is 0. The summed E-state index contributed by atoms with van der Waals surface area (Å²) in [5.74, 6) is 0.834. The lowest BCUT2D eigenvalue weighted by Crippen LogP contribution is -2.33. The van der Waals surface area contributed by atoms with Crippen LogP contribution in [0.25, 0.3) is 0 Å². The van der Waals surface area contributed by atoms with Gasteiger partial charge in [0.15, 0.2) is 11.6 Å². The van der Waals surface area contributed by atoms with Crippen LogP contribution in [0.5, 0.6) is 0 Å². The zero-order valence-electron chi connectivity index (χ0n) is 15.3. The van der Waals surface area contributed by atoms with Crippen LogP contribution >= 0.6 is 0 Å². The maximum atomic E-state index is 13.1. The molecule has 6 atom stereocenters. The summed E-state index contributed by atoms with van der Waals surface area (Å²) in [5, 5.41) is 10.4. The van der Waals surface area contributed by atoms with Crippen molar-refractivity contribution in [2.24, 2.45) is 23.2 Å². The molecule has 24 heavy (non-hydrogen) atoms. The number of ketones is 2. The lowest BCUT2D eigenvalue weighted by atomic mass is 9.88. The van der Waals surface area contributed by atoms with E-state index in [1.807, 2.05) is 13.8 Å². The van der Waals surface area contributed by atoms with Crippen molar-refractivity contribution in [1.82, 2.24) is 0 Å². The minimum absolute atomic E-state index is 0.0392. The first-order chi connectivity index (χ1) is 11.0. The fraction of sp³-hybridized carbons (Fsp3) is 0.800. The number of carbonyl (C=O) groups excluding carboxylic acids is 2. The number of epoxide rings is 1. The highest BCUT2D eigenvalue weighted by Crippen LogP contribution is 2.64. The number of rotatable bonds is 0. The fourth-order valence-corrected chi connectivity index (χ4v) is 5.36. The second-order valence-corrected chi connectivity index (χ2v) is 9.56. The Bertz CT molecular complexity index is 671. The molecule has 4 rings (SSSR count). The molecule has 2 fully saturated rings. The van der Waals surface area contributed by atoms with Crippen molar-refractivity contribution in [2.75, 3.05) is 0 Å². The molecule has 1 N–H and O–H groups in total. The minimum atomic E-state index is -1.46. The van der Waals surface area contributed by atoms with E-state index in [-0.39, 0.29) is 35.6 Å². The second kappa shape index (κ2) is 4.59. The molecule has 0 aromatic rings. The number of fused-ring (bicyclic) bond motifs is 3. The number of hydrogen-bond acceptors (Lipinski definition) is 4. The Labute approximate surface area is 143 Å². The van der Waals surface area contributed by atoms with Crippen LogP contribution < -0.4 is 0 Å². The Morgan fingerprint density at radius 2 is 1.79 bits per heavy atom. The van der Waals surface area contributed by atoms with Crippen molar-refractivity contribution < 1.29 is 19.4 Å². The van der Waals surface area contributed by atoms with E-state index in [2.05, 4.69) is 13.8 Å². The van der Waals surface area contributed by atoms with Crippen LogP contribution in [0.1, 0.15) is 60.3 Å². The van der Waals surface area contributed by atoms with E-state index in [0.717, 1.165) is 19.3 Å². The summed E-state index contributed by atoms with van der Waals surface area (Å²) < 4.78 is 5.93. The SMILES string of the molecule is C[C@@H]1C[C@@H]2[C@H](CC[C@]3(C)O[C@H]3C3=C(C[C@@](C)(O)C3=O)C1=O)C2(C)C. The van der Waals surface area contributed by atoms with E-state index in [0.29, 0.717) is 28.4 Å².